The molecular formula is C30H46S2. The molecule has 0 atom stereocenters. The quantitative estimate of drug-likeness (QED) is 0.237. The lowest BCUT2D eigenvalue weighted by Gasteiger charge is -2.21. The van der Waals surface area contributed by atoms with Gasteiger partial charge in [0, 0.05) is 9.79 Å². The van der Waals surface area contributed by atoms with Crippen LogP contribution in [0.15, 0.2) is 34.1 Å². The fourth-order valence-corrected chi connectivity index (χ4v) is 7.85. The molecular weight excluding hydrogens is 424 g/mol. The van der Waals surface area contributed by atoms with Crippen molar-refractivity contribution in [2.75, 3.05) is 0 Å². The second-order valence-corrected chi connectivity index (χ2v) is 11.2. The summed E-state index contributed by atoms with van der Waals surface area (Å²) in [4.78, 5) is 3.16. The van der Waals surface area contributed by atoms with Gasteiger partial charge in [-0.1, -0.05) is 126 Å². The van der Waals surface area contributed by atoms with Crippen molar-refractivity contribution in [2.24, 2.45) is 0 Å². The highest BCUT2D eigenvalue weighted by Crippen LogP contribution is 2.46. The topological polar surface area (TPSA) is 0 Å². The van der Waals surface area contributed by atoms with Crippen LogP contribution in [0.25, 0.3) is 0 Å². The van der Waals surface area contributed by atoms with Gasteiger partial charge < -0.3 is 0 Å². The summed E-state index contributed by atoms with van der Waals surface area (Å²) in [5.41, 5.74) is 9.56. The Kier molecular flexibility index (Phi) is 12.9. The number of aryl methyl sites for hydroxylation is 4. The molecule has 0 fully saturated rings. The van der Waals surface area contributed by atoms with Gasteiger partial charge >= 0.3 is 0 Å². The number of hydrogen-bond donors (Lipinski definition) is 0. The summed E-state index contributed by atoms with van der Waals surface area (Å²) < 4.78 is 0. The predicted octanol–water partition coefficient (Wildman–Crippen LogP) is 10.2. The molecule has 0 aliphatic rings. The van der Waals surface area contributed by atoms with E-state index in [9.17, 15) is 0 Å². The van der Waals surface area contributed by atoms with E-state index in [-0.39, 0.29) is 0 Å². The molecule has 0 nitrogen and oxygen atoms in total. The maximum absolute atomic E-state index is 2.43. The van der Waals surface area contributed by atoms with Gasteiger partial charge in [-0.25, -0.2) is 0 Å². The van der Waals surface area contributed by atoms with Crippen LogP contribution >= 0.6 is 21.6 Å². The molecule has 0 heterocycles. The Morgan fingerprint density at radius 2 is 0.688 bits per heavy atom. The van der Waals surface area contributed by atoms with E-state index in [1.54, 1.807) is 43.2 Å². The summed E-state index contributed by atoms with van der Waals surface area (Å²) in [5.74, 6) is 0. The van der Waals surface area contributed by atoms with Crippen molar-refractivity contribution >= 4 is 21.6 Å². The van der Waals surface area contributed by atoms with Gasteiger partial charge in [0.1, 0.15) is 0 Å². The van der Waals surface area contributed by atoms with Crippen LogP contribution in [0.1, 0.15) is 113 Å². The second-order valence-electron chi connectivity index (χ2n) is 9.05. The van der Waals surface area contributed by atoms with Crippen molar-refractivity contribution in [3.05, 3.63) is 57.6 Å². The molecule has 2 aromatic rings. The normalized spacial score (nSPS) is 11.3. The fraction of sp³-hybridized carbons (Fsp3) is 0.600. The van der Waals surface area contributed by atoms with Crippen LogP contribution in [0.5, 0.6) is 0 Å². The van der Waals surface area contributed by atoms with Crippen LogP contribution in [-0.2, 0) is 38.5 Å². The molecule has 178 valence electrons. The molecule has 32 heavy (non-hydrogen) atoms. The monoisotopic (exact) mass is 470 g/mol. The molecule has 0 aliphatic heterocycles. The van der Waals surface area contributed by atoms with E-state index in [2.05, 4.69) is 87.4 Å². The van der Waals surface area contributed by atoms with E-state index in [1.807, 2.05) is 0 Å². The number of hydrogen-bond acceptors (Lipinski definition) is 2. The molecule has 2 aromatic carbocycles. The van der Waals surface area contributed by atoms with Gasteiger partial charge in [-0.05, 0) is 71.9 Å². The summed E-state index contributed by atoms with van der Waals surface area (Å²) in [6.07, 6.45) is 14.5. The van der Waals surface area contributed by atoms with Crippen molar-refractivity contribution in [3.63, 3.8) is 0 Å². The Hall–Kier alpha value is -0.860. The Labute approximate surface area is 207 Å². The van der Waals surface area contributed by atoms with Crippen LogP contribution in [0.4, 0.5) is 0 Å². The van der Waals surface area contributed by atoms with Crippen molar-refractivity contribution in [1.82, 2.24) is 0 Å². The minimum Gasteiger partial charge on any atom is -0.0651 e. The third-order valence-electron chi connectivity index (χ3n) is 6.16. The van der Waals surface area contributed by atoms with Gasteiger partial charge in [0.05, 0.1) is 0 Å². The first-order valence-corrected chi connectivity index (χ1v) is 15.4. The number of benzene rings is 2. The molecule has 0 aromatic heterocycles. The number of rotatable bonds is 15. The summed E-state index contributed by atoms with van der Waals surface area (Å²) in [5, 5.41) is 0. The second kappa shape index (κ2) is 15.1. The van der Waals surface area contributed by atoms with Gasteiger partial charge in [-0.2, -0.15) is 0 Å². The van der Waals surface area contributed by atoms with Crippen LogP contribution < -0.4 is 0 Å². The van der Waals surface area contributed by atoms with E-state index < -0.39 is 0 Å². The summed E-state index contributed by atoms with van der Waals surface area (Å²) in [6.45, 7) is 13.9. The van der Waals surface area contributed by atoms with Crippen LogP contribution in [0.3, 0.4) is 0 Å². The highest BCUT2D eigenvalue weighted by molar-refractivity contribution is 8.76. The fourth-order valence-electron chi connectivity index (χ4n) is 4.71. The molecule has 2 heteroatoms. The van der Waals surface area contributed by atoms with Gasteiger partial charge in [0.15, 0.2) is 0 Å². The van der Waals surface area contributed by atoms with E-state index in [0.29, 0.717) is 0 Å². The largest absolute Gasteiger partial charge is 0.0651 e. The van der Waals surface area contributed by atoms with Gasteiger partial charge in [0.2, 0.25) is 0 Å². The smallest absolute Gasteiger partial charge is 0.0253 e. The lowest BCUT2D eigenvalue weighted by atomic mass is 9.95. The average Bonchev–Trinajstić information content (AvgIpc) is 2.78. The Bertz CT molecular complexity index is 753. The van der Waals surface area contributed by atoms with Crippen LogP contribution in [-0.4, -0.2) is 0 Å². The Morgan fingerprint density at radius 1 is 0.406 bits per heavy atom. The SMILES string of the molecule is CCCc1ccc(CCC)c(SSc2c(CCC)ccc(CCC)c2CCC)c1CCC. The minimum absolute atomic E-state index is 1.19. The molecule has 0 bridgehead atoms. The summed E-state index contributed by atoms with van der Waals surface area (Å²) >= 11 is 0. The standard InChI is InChI=1S/C30H46S2/c1-7-13-23-19-21-25(15-9-3)29(27(23)17-11-5)31-32-30-26(16-10-4)22-20-24(14-8-2)28(30)18-12-6/h19-22H,7-18H2,1-6H3. The van der Waals surface area contributed by atoms with Gasteiger partial charge in [0.25, 0.3) is 0 Å². The maximum Gasteiger partial charge on any atom is 0.0253 e. The highest BCUT2D eigenvalue weighted by Gasteiger charge is 2.18. The zero-order valence-electron chi connectivity index (χ0n) is 21.6. The lowest BCUT2D eigenvalue weighted by Crippen LogP contribution is -2.02. The molecule has 0 saturated heterocycles. The predicted molar refractivity (Wildman–Crippen MR) is 149 cm³/mol. The summed E-state index contributed by atoms with van der Waals surface area (Å²) in [6, 6.07) is 9.73. The molecule has 0 N–H and O–H groups in total. The van der Waals surface area contributed by atoms with Crippen molar-refractivity contribution in [1.29, 1.82) is 0 Å². The Balaban J connectivity index is 2.53. The maximum atomic E-state index is 2.43. The molecule has 0 unspecified atom stereocenters. The molecule has 2 rings (SSSR count). The van der Waals surface area contributed by atoms with Crippen molar-refractivity contribution in [3.8, 4) is 0 Å². The molecule has 0 amide bonds. The average molecular weight is 471 g/mol. The first kappa shape index (κ1) is 27.4. The minimum atomic E-state index is 1.19. The zero-order valence-corrected chi connectivity index (χ0v) is 23.2. The first-order chi connectivity index (χ1) is 15.6. The first-order valence-electron chi connectivity index (χ1n) is 13.3. The highest BCUT2D eigenvalue weighted by atomic mass is 33.1. The lowest BCUT2D eigenvalue weighted by molar-refractivity contribution is 0.820. The zero-order chi connectivity index (χ0) is 23.3. The summed E-state index contributed by atoms with van der Waals surface area (Å²) in [7, 11) is 4.14. The van der Waals surface area contributed by atoms with Crippen LogP contribution in [0, 0.1) is 0 Å². The van der Waals surface area contributed by atoms with E-state index >= 15 is 0 Å². The van der Waals surface area contributed by atoms with Gasteiger partial charge in [-0.3, -0.25) is 0 Å². The van der Waals surface area contributed by atoms with Crippen LogP contribution in [0.2, 0.25) is 0 Å². The molecule has 0 spiro atoms. The van der Waals surface area contributed by atoms with Gasteiger partial charge in [-0.15, -0.1) is 0 Å². The van der Waals surface area contributed by atoms with E-state index in [1.165, 1.54) is 77.0 Å². The third-order valence-corrected chi connectivity index (χ3v) is 8.85. The molecule has 0 saturated carbocycles. The van der Waals surface area contributed by atoms with E-state index in [4.69, 9.17) is 0 Å². The van der Waals surface area contributed by atoms with E-state index in [0.717, 1.165) is 0 Å². The van der Waals surface area contributed by atoms with Crippen molar-refractivity contribution < 1.29 is 0 Å². The molecule has 0 radical (unpaired) electrons. The third kappa shape index (κ3) is 7.32. The Morgan fingerprint density at radius 3 is 1.00 bits per heavy atom. The molecule has 0 aliphatic carbocycles. The van der Waals surface area contributed by atoms with Crippen molar-refractivity contribution in [2.45, 2.75) is 128 Å².